The molecule has 19 heavy (non-hydrogen) atoms. The Morgan fingerprint density at radius 3 is 2.74 bits per heavy atom. The highest BCUT2D eigenvalue weighted by Gasteiger charge is 2.03. The number of para-hydroxylation sites is 1. The summed E-state index contributed by atoms with van der Waals surface area (Å²) in [6.07, 6.45) is 3.22. The third-order valence-corrected chi connectivity index (χ3v) is 3.05. The van der Waals surface area contributed by atoms with Crippen molar-refractivity contribution in [2.45, 2.75) is 6.42 Å². The van der Waals surface area contributed by atoms with E-state index >= 15 is 0 Å². The van der Waals surface area contributed by atoms with E-state index in [0.29, 0.717) is 13.0 Å². The fourth-order valence-electron chi connectivity index (χ4n) is 1.65. The lowest BCUT2D eigenvalue weighted by atomic mass is 10.2. The van der Waals surface area contributed by atoms with Crippen molar-refractivity contribution in [1.29, 1.82) is 0 Å². The smallest absolute Gasteiger partial charge is 0.264 e. The van der Waals surface area contributed by atoms with Gasteiger partial charge < -0.3 is 4.74 Å². The first kappa shape index (κ1) is 13.8. The third-order valence-electron chi connectivity index (χ3n) is 2.45. The average molecular weight is 281 g/mol. The molecule has 1 heterocycles. The lowest BCUT2D eigenvalue weighted by molar-refractivity contribution is 0.253. The SMILES string of the molecule is CS(=O)(=O)OCCCOc1ccnc2ccccc12. The molecule has 0 N–H and O–H groups in total. The summed E-state index contributed by atoms with van der Waals surface area (Å²) in [6.45, 7) is 0.519. The van der Waals surface area contributed by atoms with Gasteiger partial charge in [-0.25, -0.2) is 0 Å². The summed E-state index contributed by atoms with van der Waals surface area (Å²) in [4.78, 5) is 4.23. The van der Waals surface area contributed by atoms with Crippen molar-refractivity contribution in [3.05, 3.63) is 36.5 Å². The van der Waals surface area contributed by atoms with Gasteiger partial charge in [0.15, 0.2) is 0 Å². The second-order valence-corrected chi connectivity index (χ2v) is 5.70. The summed E-state index contributed by atoms with van der Waals surface area (Å²) in [6, 6.07) is 9.47. The van der Waals surface area contributed by atoms with Crippen LogP contribution in [0.15, 0.2) is 36.5 Å². The Kier molecular flexibility index (Phi) is 4.34. The first-order chi connectivity index (χ1) is 9.06. The lowest BCUT2D eigenvalue weighted by Gasteiger charge is -2.08. The van der Waals surface area contributed by atoms with Crippen LogP contribution in [0.3, 0.4) is 0 Å². The van der Waals surface area contributed by atoms with Crippen molar-refractivity contribution in [2.75, 3.05) is 19.5 Å². The molecule has 0 saturated carbocycles. The fourth-order valence-corrected chi connectivity index (χ4v) is 2.07. The van der Waals surface area contributed by atoms with Crippen LogP contribution in [-0.2, 0) is 14.3 Å². The van der Waals surface area contributed by atoms with Crippen LogP contribution in [0.4, 0.5) is 0 Å². The molecule has 1 aromatic carbocycles. The van der Waals surface area contributed by atoms with Crippen LogP contribution in [0.25, 0.3) is 10.9 Å². The van der Waals surface area contributed by atoms with Gasteiger partial charge in [-0.05, 0) is 18.2 Å². The van der Waals surface area contributed by atoms with Crippen LogP contribution in [0.5, 0.6) is 5.75 Å². The Balaban J connectivity index is 1.92. The highest BCUT2D eigenvalue weighted by atomic mass is 32.2. The maximum atomic E-state index is 10.8. The van der Waals surface area contributed by atoms with Gasteiger partial charge in [-0.2, -0.15) is 8.42 Å². The molecule has 0 fully saturated rings. The van der Waals surface area contributed by atoms with E-state index < -0.39 is 10.1 Å². The Morgan fingerprint density at radius 2 is 1.95 bits per heavy atom. The summed E-state index contributed by atoms with van der Waals surface area (Å²) in [5.74, 6) is 0.741. The van der Waals surface area contributed by atoms with E-state index in [1.807, 2.05) is 24.3 Å². The molecule has 0 bridgehead atoms. The molecule has 6 heteroatoms. The Hall–Kier alpha value is -1.66. The molecular weight excluding hydrogens is 266 g/mol. The predicted octanol–water partition coefficient (Wildman–Crippen LogP) is 1.98. The molecule has 102 valence electrons. The van der Waals surface area contributed by atoms with Crippen molar-refractivity contribution in [2.24, 2.45) is 0 Å². The molecule has 1 aromatic heterocycles. The van der Waals surface area contributed by atoms with E-state index in [0.717, 1.165) is 22.9 Å². The second-order valence-electron chi connectivity index (χ2n) is 4.05. The molecular formula is C13H15NO4S. The topological polar surface area (TPSA) is 65.5 Å². The first-order valence-electron chi connectivity index (χ1n) is 5.87. The van der Waals surface area contributed by atoms with Crippen molar-refractivity contribution in [3.63, 3.8) is 0 Å². The van der Waals surface area contributed by atoms with Crippen LogP contribution in [-0.4, -0.2) is 32.9 Å². The fraction of sp³-hybridized carbons (Fsp3) is 0.308. The minimum atomic E-state index is -3.37. The maximum absolute atomic E-state index is 10.8. The van der Waals surface area contributed by atoms with Gasteiger partial charge in [-0.3, -0.25) is 9.17 Å². The quantitative estimate of drug-likeness (QED) is 0.598. The first-order valence-corrected chi connectivity index (χ1v) is 7.69. The number of rotatable bonds is 6. The monoisotopic (exact) mass is 281 g/mol. The molecule has 0 saturated heterocycles. The van der Waals surface area contributed by atoms with Gasteiger partial charge in [-0.15, -0.1) is 0 Å². The average Bonchev–Trinajstić information content (AvgIpc) is 2.37. The van der Waals surface area contributed by atoms with E-state index in [2.05, 4.69) is 9.17 Å². The number of benzene rings is 1. The molecule has 2 rings (SSSR count). The van der Waals surface area contributed by atoms with Gasteiger partial charge in [0.2, 0.25) is 0 Å². The number of fused-ring (bicyclic) bond motifs is 1. The molecule has 0 atom stereocenters. The van der Waals surface area contributed by atoms with Crippen molar-refractivity contribution in [3.8, 4) is 5.75 Å². The summed E-state index contributed by atoms with van der Waals surface area (Å²) < 4.78 is 31.8. The largest absolute Gasteiger partial charge is 0.493 e. The number of nitrogens with zero attached hydrogens (tertiary/aromatic N) is 1. The minimum Gasteiger partial charge on any atom is -0.493 e. The molecule has 2 aromatic rings. The standard InChI is InChI=1S/C13H15NO4S/c1-19(15,16)18-10-4-9-17-13-7-8-14-12-6-3-2-5-11(12)13/h2-3,5-8H,4,9-10H2,1H3. The van der Waals surface area contributed by atoms with Crippen LogP contribution in [0.2, 0.25) is 0 Å². The molecule has 0 aliphatic heterocycles. The molecule has 0 unspecified atom stereocenters. The van der Waals surface area contributed by atoms with E-state index in [1.165, 1.54) is 0 Å². The predicted molar refractivity (Wildman–Crippen MR) is 72.7 cm³/mol. The van der Waals surface area contributed by atoms with Gasteiger partial charge in [0, 0.05) is 18.0 Å². The van der Waals surface area contributed by atoms with Crippen LogP contribution in [0, 0.1) is 0 Å². The second kappa shape index (κ2) is 5.99. The van der Waals surface area contributed by atoms with E-state index in [-0.39, 0.29) is 6.61 Å². The normalized spacial score (nSPS) is 11.6. The van der Waals surface area contributed by atoms with Gasteiger partial charge in [0.05, 0.1) is 25.0 Å². The zero-order valence-corrected chi connectivity index (χ0v) is 11.4. The highest BCUT2D eigenvalue weighted by molar-refractivity contribution is 7.85. The summed E-state index contributed by atoms with van der Waals surface area (Å²) in [5.41, 5.74) is 0.868. The van der Waals surface area contributed by atoms with E-state index in [9.17, 15) is 8.42 Å². The van der Waals surface area contributed by atoms with Gasteiger partial charge in [0.25, 0.3) is 10.1 Å². The number of ether oxygens (including phenoxy) is 1. The van der Waals surface area contributed by atoms with Crippen molar-refractivity contribution >= 4 is 21.0 Å². The lowest BCUT2D eigenvalue weighted by Crippen LogP contribution is -2.08. The van der Waals surface area contributed by atoms with Crippen molar-refractivity contribution < 1.29 is 17.3 Å². The number of hydrogen-bond acceptors (Lipinski definition) is 5. The number of hydrogen-bond donors (Lipinski definition) is 0. The Labute approximate surface area is 112 Å². The van der Waals surface area contributed by atoms with Crippen molar-refractivity contribution in [1.82, 2.24) is 4.98 Å². The number of pyridine rings is 1. The number of aromatic nitrogens is 1. The maximum Gasteiger partial charge on any atom is 0.264 e. The van der Waals surface area contributed by atoms with Crippen LogP contribution in [0.1, 0.15) is 6.42 Å². The van der Waals surface area contributed by atoms with E-state index in [4.69, 9.17) is 4.74 Å². The van der Waals surface area contributed by atoms with Gasteiger partial charge >= 0.3 is 0 Å². The van der Waals surface area contributed by atoms with E-state index in [1.54, 1.807) is 12.3 Å². The molecule has 0 spiro atoms. The zero-order valence-electron chi connectivity index (χ0n) is 10.6. The Morgan fingerprint density at radius 1 is 1.16 bits per heavy atom. The molecule has 0 amide bonds. The van der Waals surface area contributed by atoms with Crippen LogP contribution >= 0.6 is 0 Å². The van der Waals surface area contributed by atoms with Gasteiger partial charge in [-0.1, -0.05) is 12.1 Å². The molecule has 5 nitrogen and oxygen atoms in total. The summed E-state index contributed by atoms with van der Waals surface area (Å²) in [7, 11) is -3.37. The highest BCUT2D eigenvalue weighted by Crippen LogP contribution is 2.23. The Bertz CT molecular complexity index is 649. The third kappa shape index (κ3) is 4.18. The molecule has 0 aliphatic rings. The van der Waals surface area contributed by atoms with Gasteiger partial charge in [0.1, 0.15) is 5.75 Å². The summed E-state index contributed by atoms with van der Waals surface area (Å²) >= 11 is 0. The molecule has 0 aliphatic carbocycles. The van der Waals surface area contributed by atoms with Crippen LogP contribution < -0.4 is 4.74 Å². The zero-order chi connectivity index (χ0) is 13.7. The molecule has 0 radical (unpaired) electrons. The summed E-state index contributed by atoms with van der Waals surface area (Å²) in [5, 5.41) is 0.939. The minimum absolute atomic E-state index is 0.127.